The van der Waals surface area contributed by atoms with Crippen LogP contribution in [0.2, 0.25) is 5.02 Å². The Morgan fingerprint density at radius 2 is 1.96 bits per heavy atom. The number of carbonyl (C=O) groups excluding carboxylic acids is 1. The minimum Gasteiger partial charge on any atom is -0.496 e. The van der Waals surface area contributed by atoms with Crippen molar-refractivity contribution < 1.29 is 22.7 Å². The van der Waals surface area contributed by atoms with Crippen LogP contribution in [0.1, 0.15) is 11.1 Å². The molecular weight excluding hydrogens is 423 g/mol. The molecule has 8 heteroatoms. The number of amides is 1. The Kier molecular flexibility index (Phi) is 6.13. The lowest BCUT2D eigenvalue weighted by Crippen LogP contribution is -2.11. The fraction of sp³-hybridized carbons (Fsp3) is 0.118. The predicted molar refractivity (Wildman–Crippen MR) is 94.8 cm³/mol. The molecule has 0 spiro atoms. The summed E-state index contributed by atoms with van der Waals surface area (Å²) >= 11 is 9.16. The smallest absolute Gasteiger partial charge is 0.416 e. The highest BCUT2D eigenvalue weighted by atomic mass is 79.9. The minimum atomic E-state index is -4.52. The zero-order valence-electron chi connectivity index (χ0n) is 12.8. The first-order chi connectivity index (χ1) is 11.7. The van der Waals surface area contributed by atoms with E-state index < -0.39 is 17.6 Å². The topological polar surface area (TPSA) is 38.3 Å². The molecule has 2 aromatic carbocycles. The van der Waals surface area contributed by atoms with E-state index in [2.05, 4.69) is 21.2 Å². The van der Waals surface area contributed by atoms with Crippen molar-refractivity contribution in [2.75, 3.05) is 12.4 Å². The van der Waals surface area contributed by atoms with Crippen LogP contribution in [0.25, 0.3) is 6.08 Å². The Morgan fingerprint density at radius 3 is 2.56 bits per heavy atom. The van der Waals surface area contributed by atoms with E-state index in [-0.39, 0.29) is 10.7 Å². The summed E-state index contributed by atoms with van der Waals surface area (Å²) in [5.74, 6) is 0.0329. The standard InChI is InChI=1S/C17H12BrClF3NO2/c1-25-15-6-2-10(8-12(15)18)3-7-16(24)23-14-9-11(17(20,21)22)4-5-13(14)19/h2-9H,1H3,(H,23,24). The molecule has 1 amide bonds. The molecule has 0 radical (unpaired) electrons. The van der Waals surface area contributed by atoms with Gasteiger partial charge in [0.15, 0.2) is 0 Å². The van der Waals surface area contributed by atoms with Gasteiger partial charge >= 0.3 is 6.18 Å². The number of hydrogen-bond acceptors (Lipinski definition) is 2. The van der Waals surface area contributed by atoms with E-state index in [0.717, 1.165) is 18.2 Å². The lowest BCUT2D eigenvalue weighted by Gasteiger charge is -2.10. The van der Waals surface area contributed by atoms with Gasteiger partial charge in [0, 0.05) is 6.08 Å². The van der Waals surface area contributed by atoms with Gasteiger partial charge in [-0.1, -0.05) is 17.7 Å². The third kappa shape index (κ3) is 5.24. The van der Waals surface area contributed by atoms with Crippen LogP contribution in [-0.4, -0.2) is 13.0 Å². The number of halogens is 5. The molecule has 25 heavy (non-hydrogen) atoms. The van der Waals surface area contributed by atoms with Crippen molar-refractivity contribution in [3.63, 3.8) is 0 Å². The fourth-order valence-corrected chi connectivity index (χ4v) is 2.65. The van der Waals surface area contributed by atoms with E-state index in [0.29, 0.717) is 15.8 Å². The van der Waals surface area contributed by atoms with Crippen LogP contribution < -0.4 is 10.1 Å². The van der Waals surface area contributed by atoms with E-state index in [1.807, 2.05) is 0 Å². The maximum atomic E-state index is 12.7. The monoisotopic (exact) mass is 433 g/mol. The summed E-state index contributed by atoms with van der Waals surface area (Å²) in [6.07, 6.45) is -1.80. The van der Waals surface area contributed by atoms with Crippen molar-refractivity contribution in [2.24, 2.45) is 0 Å². The van der Waals surface area contributed by atoms with Crippen LogP contribution in [0.15, 0.2) is 46.9 Å². The number of anilines is 1. The Morgan fingerprint density at radius 1 is 1.24 bits per heavy atom. The molecule has 0 unspecified atom stereocenters. The van der Waals surface area contributed by atoms with E-state index in [1.54, 1.807) is 18.2 Å². The van der Waals surface area contributed by atoms with Crippen LogP contribution in [-0.2, 0) is 11.0 Å². The van der Waals surface area contributed by atoms with E-state index in [9.17, 15) is 18.0 Å². The van der Waals surface area contributed by atoms with Crippen LogP contribution in [0.3, 0.4) is 0 Å². The van der Waals surface area contributed by atoms with Gasteiger partial charge in [-0.25, -0.2) is 0 Å². The molecule has 0 aliphatic carbocycles. The summed E-state index contributed by atoms with van der Waals surface area (Å²) in [5, 5.41) is 2.35. The van der Waals surface area contributed by atoms with Crippen LogP contribution in [0, 0.1) is 0 Å². The Hall–Kier alpha value is -1.99. The predicted octanol–water partition coefficient (Wildman–Crippen LogP) is 5.78. The molecule has 0 aromatic heterocycles. The number of methoxy groups -OCH3 is 1. The highest BCUT2D eigenvalue weighted by Crippen LogP contribution is 2.33. The molecular formula is C17H12BrClF3NO2. The third-order valence-electron chi connectivity index (χ3n) is 3.15. The quantitative estimate of drug-likeness (QED) is 0.619. The normalized spacial score (nSPS) is 11.6. The highest BCUT2D eigenvalue weighted by molar-refractivity contribution is 9.10. The van der Waals surface area contributed by atoms with Crippen LogP contribution in [0.5, 0.6) is 5.75 Å². The molecule has 1 N–H and O–H groups in total. The van der Waals surface area contributed by atoms with Gasteiger partial charge in [-0.3, -0.25) is 4.79 Å². The number of hydrogen-bond donors (Lipinski definition) is 1. The van der Waals surface area contributed by atoms with Crippen molar-refractivity contribution in [1.82, 2.24) is 0 Å². The lowest BCUT2D eigenvalue weighted by molar-refractivity contribution is -0.137. The summed E-state index contributed by atoms with van der Waals surface area (Å²) in [6.45, 7) is 0. The molecule has 0 aliphatic rings. The molecule has 0 bridgehead atoms. The summed E-state index contributed by atoms with van der Waals surface area (Å²) in [5.41, 5.74) is -0.296. The van der Waals surface area contributed by atoms with Crippen LogP contribution in [0.4, 0.5) is 18.9 Å². The minimum absolute atomic E-state index is 0.0157. The first kappa shape index (κ1) is 19.3. The molecule has 0 saturated carbocycles. The maximum Gasteiger partial charge on any atom is 0.416 e. The largest absolute Gasteiger partial charge is 0.496 e. The van der Waals surface area contributed by atoms with Gasteiger partial charge in [-0.15, -0.1) is 0 Å². The average Bonchev–Trinajstić information content (AvgIpc) is 2.54. The molecule has 0 aliphatic heterocycles. The zero-order valence-corrected chi connectivity index (χ0v) is 15.2. The Balaban J connectivity index is 2.13. The van der Waals surface area contributed by atoms with Crippen molar-refractivity contribution in [2.45, 2.75) is 6.18 Å². The van der Waals surface area contributed by atoms with Crippen molar-refractivity contribution in [3.05, 3.63) is 63.1 Å². The summed E-state index contributed by atoms with van der Waals surface area (Å²) < 4.78 is 44.0. The molecule has 0 atom stereocenters. The van der Waals surface area contributed by atoms with E-state index in [4.69, 9.17) is 16.3 Å². The SMILES string of the molecule is COc1ccc(C=CC(=O)Nc2cc(C(F)(F)F)ccc2Cl)cc1Br. The maximum absolute atomic E-state index is 12.7. The molecule has 2 rings (SSSR count). The lowest BCUT2D eigenvalue weighted by atomic mass is 10.2. The number of carbonyl (C=O) groups is 1. The Labute approximate surface area is 155 Å². The number of nitrogens with one attached hydrogen (secondary N) is 1. The van der Waals surface area contributed by atoms with Gasteiger partial charge in [0.05, 0.1) is 27.9 Å². The molecule has 132 valence electrons. The molecule has 2 aromatic rings. The number of alkyl halides is 3. The number of ether oxygens (including phenoxy) is 1. The number of rotatable bonds is 4. The second-order valence-electron chi connectivity index (χ2n) is 4.91. The fourth-order valence-electron chi connectivity index (χ4n) is 1.93. The van der Waals surface area contributed by atoms with Gasteiger partial charge < -0.3 is 10.1 Å². The van der Waals surface area contributed by atoms with Gasteiger partial charge in [0.1, 0.15) is 5.75 Å². The van der Waals surface area contributed by atoms with Gasteiger partial charge in [-0.05, 0) is 57.9 Å². The van der Waals surface area contributed by atoms with Gasteiger partial charge in [-0.2, -0.15) is 13.2 Å². The average molecular weight is 435 g/mol. The summed E-state index contributed by atoms with van der Waals surface area (Å²) in [7, 11) is 1.53. The van der Waals surface area contributed by atoms with Crippen LogP contribution >= 0.6 is 27.5 Å². The molecule has 0 heterocycles. The van der Waals surface area contributed by atoms with Crippen molar-refractivity contribution >= 4 is 45.2 Å². The second kappa shape index (κ2) is 7.93. The first-order valence-corrected chi connectivity index (χ1v) is 8.07. The first-order valence-electron chi connectivity index (χ1n) is 6.90. The van der Waals surface area contributed by atoms with E-state index >= 15 is 0 Å². The zero-order chi connectivity index (χ0) is 18.6. The third-order valence-corrected chi connectivity index (χ3v) is 4.10. The second-order valence-corrected chi connectivity index (χ2v) is 6.17. The molecule has 3 nitrogen and oxygen atoms in total. The highest BCUT2D eigenvalue weighted by Gasteiger charge is 2.31. The van der Waals surface area contributed by atoms with E-state index in [1.165, 1.54) is 19.3 Å². The summed E-state index contributed by atoms with van der Waals surface area (Å²) in [6, 6.07) is 7.90. The van der Waals surface area contributed by atoms with Crippen molar-refractivity contribution in [1.29, 1.82) is 0 Å². The van der Waals surface area contributed by atoms with Gasteiger partial charge in [0.2, 0.25) is 5.91 Å². The van der Waals surface area contributed by atoms with Crippen molar-refractivity contribution in [3.8, 4) is 5.75 Å². The molecule has 0 saturated heterocycles. The molecule has 0 fully saturated rings. The Bertz CT molecular complexity index is 822. The van der Waals surface area contributed by atoms with Gasteiger partial charge in [0.25, 0.3) is 0 Å². The number of benzene rings is 2. The summed E-state index contributed by atoms with van der Waals surface area (Å²) in [4.78, 5) is 11.9.